The molecule has 2 aliphatic heterocycles. The first-order valence-corrected chi connectivity index (χ1v) is 10.6. The average Bonchev–Trinajstić information content (AvgIpc) is 2.91. The van der Waals surface area contributed by atoms with Crippen molar-refractivity contribution in [3.05, 3.63) is 80.8 Å². The number of fused-ring (bicyclic) bond motifs is 1. The Morgan fingerprint density at radius 3 is 2.28 bits per heavy atom. The SMILES string of the molecule is COC(=O)C1=C(C(=O)OC)N(c2cc3c(cc2[N+](=O)[O-])OCCO3)C(N)=C(C#N)C1c1ccccc1. The summed E-state index contributed by atoms with van der Waals surface area (Å²) in [6.07, 6.45) is 0. The van der Waals surface area contributed by atoms with Gasteiger partial charge in [-0.05, 0) is 5.56 Å². The molecular weight excluding hydrogens is 472 g/mol. The molecule has 12 nitrogen and oxygen atoms in total. The number of rotatable bonds is 5. The summed E-state index contributed by atoms with van der Waals surface area (Å²) in [6.45, 7) is 0.370. The summed E-state index contributed by atoms with van der Waals surface area (Å²) in [5, 5.41) is 22.1. The number of methoxy groups -OCH3 is 2. The van der Waals surface area contributed by atoms with Crippen molar-refractivity contribution in [2.45, 2.75) is 5.92 Å². The number of nitro benzene ring substituents is 1. The molecule has 2 aromatic carbocycles. The van der Waals surface area contributed by atoms with Crippen LogP contribution in [0, 0.1) is 21.4 Å². The highest BCUT2D eigenvalue weighted by atomic mass is 16.6. The highest BCUT2D eigenvalue weighted by Gasteiger charge is 2.45. The first kappa shape index (κ1) is 24.1. The Kier molecular flexibility index (Phi) is 6.47. The third-order valence-corrected chi connectivity index (χ3v) is 5.69. The fraction of sp³-hybridized carbons (Fsp3) is 0.208. The molecule has 184 valence electrons. The minimum atomic E-state index is -1.11. The fourth-order valence-electron chi connectivity index (χ4n) is 4.16. The number of carbonyl (C=O) groups excluding carboxylic acids is 2. The largest absolute Gasteiger partial charge is 0.486 e. The molecule has 1 atom stereocenters. The van der Waals surface area contributed by atoms with Gasteiger partial charge in [-0.2, -0.15) is 5.26 Å². The van der Waals surface area contributed by atoms with Gasteiger partial charge in [0.1, 0.15) is 30.4 Å². The van der Waals surface area contributed by atoms with Gasteiger partial charge >= 0.3 is 11.9 Å². The second-order valence-corrected chi connectivity index (χ2v) is 7.58. The third-order valence-electron chi connectivity index (χ3n) is 5.69. The van der Waals surface area contributed by atoms with Crippen LogP contribution in [-0.4, -0.2) is 44.3 Å². The predicted octanol–water partition coefficient (Wildman–Crippen LogP) is 2.26. The van der Waals surface area contributed by atoms with Crippen LogP contribution in [0.3, 0.4) is 0 Å². The summed E-state index contributed by atoms with van der Waals surface area (Å²) in [5.41, 5.74) is 5.31. The molecule has 0 fully saturated rings. The van der Waals surface area contributed by atoms with E-state index in [-0.39, 0.29) is 47.4 Å². The van der Waals surface area contributed by atoms with E-state index in [9.17, 15) is 25.0 Å². The Hall–Kier alpha value is -5.05. The summed E-state index contributed by atoms with van der Waals surface area (Å²) < 4.78 is 20.9. The van der Waals surface area contributed by atoms with E-state index in [0.717, 1.165) is 25.2 Å². The molecule has 36 heavy (non-hydrogen) atoms. The summed E-state index contributed by atoms with van der Waals surface area (Å²) in [5.74, 6) is -3.11. The zero-order chi connectivity index (χ0) is 26.0. The smallest absolute Gasteiger partial charge is 0.355 e. The van der Waals surface area contributed by atoms with Crippen molar-refractivity contribution in [1.29, 1.82) is 5.26 Å². The number of nitrogens with zero attached hydrogens (tertiary/aromatic N) is 3. The number of ether oxygens (including phenoxy) is 4. The quantitative estimate of drug-likeness (QED) is 0.369. The van der Waals surface area contributed by atoms with E-state index in [4.69, 9.17) is 24.7 Å². The zero-order valence-electron chi connectivity index (χ0n) is 19.2. The summed E-state index contributed by atoms with van der Waals surface area (Å²) in [6, 6.07) is 12.8. The maximum Gasteiger partial charge on any atom is 0.355 e. The molecule has 0 spiro atoms. The Morgan fingerprint density at radius 1 is 1.11 bits per heavy atom. The molecule has 0 saturated carbocycles. The molecule has 2 N–H and O–H groups in total. The molecule has 1 unspecified atom stereocenters. The summed E-state index contributed by atoms with van der Waals surface area (Å²) in [4.78, 5) is 38.6. The molecule has 0 aliphatic carbocycles. The van der Waals surface area contributed by atoms with E-state index in [1.165, 1.54) is 6.07 Å². The highest BCUT2D eigenvalue weighted by Crippen LogP contribution is 2.48. The van der Waals surface area contributed by atoms with Crippen LogP contribution >= 0.6 is 0 Å². The Balaban J connectivity index is 2.10. The molecule has 0 saturated heterocycles. The monoisotopic (exact) mass is 492 g/mol. The lowest BCUT2D eigenvalue weighted by molar-refractivity contribution is -0.384. The van der Waals surface area contributed by atoms with E-state index in [2.05, 4.69) is 0 Å². The van der Waals surface area contributed by atoms with E-state index >= 15 is 0 Å². The lowest BCUT2D eigenvalue weighted by atomic mass is 9.81. The molecule has 4 rings (SSSR count). The Labute approximate surface area is 204 Å². The van der Waals surface area contributed by atoms with E-state index in [0.29, 0.717) is 5.56 Å². The van der Waals surface area contributed by atoms with Gasteiger partial charge in [0.05, 0.1) is 48.3 Å². The molecule has 2 aliphatic rings. The topological polar surface area (TPSA) is 167 Å². The highest BCUT2D eigenvalue weighted by molar-refractivity contribution is 6.07. The van der Waals surface area contributed by atoms with Gasteiger partial charge in [0.15, 0.2) is 11.5 Å². The minimum Gasteiger partial charge on any atom is -0.486 e. The van der Waals surface area contributed by atoms with Crippen molar-refractivity contribution in [1.82, 2.24) is 0 Å². The lowest BCUT2D eigenvalue weighted by Crippen LogP contribution is -2.41. The van der Waals surface area contributed by atoms with Crippen LogP contribution < -0.4 is 20.1 Å². The third kappa shape index (κ3) is 3.92. The number of nitro groups is 1. The number of anilines is 1. The number of nitrogens with two attached hydrogens (primary N) is 1. The van der Waals surface area contributed by atoms with Crippen LogP contribution in [0.4, 0.5) is 11.4 Å². The van der Waals surface area contributed by atoms with Crippen LogP contribution in [0.15, 0.2) is 65.1 Å². The summed E-state index contributed by atoms with van der Waals surface area (Å²) >= 11 is 0. The van der Waals surface area contributed by atoms with Gasteiger partial charge in [-0.25, -0.2) is 9.59 Å². The van der Waals surface area contributed by atoms with Crippen molar-refractivity contribution in [2.24, 2.45) is 5.73 Å². The van der Waals surface area contributed by atoms with Gasteiger partial charge < -0.3 is 24.7 Å². The Morgan fingerprint density at radius 2 is 1.72 bits per heavy atom. The van der Waals surface area contributed by atoms with Crippen LogP contribution in [0.1, 0.15) is 11.5 Å². The normalized spacial score (nSPS) is 16.8. The number of hydrogen-bond acceptors (Lipinski definition) is 11. The second-order valence-electron chi connectivity index (χ2n) is 7.58. The van der Waals surface area contributed by atoms with Crippen LogP contribution in [0.5, 0.6) is 11.5 Å². The molecule has 0 radical (unpaired) electrons. The van der Waals surface area contributed by atoms with Crippen molar-refractivity contribution in [3.8, 4) is 17.6 Å². The molecule has 0 bridgehead atoms. The number of benzene rings is 2. The van der Waals surface area contributed by atoms with E-state index in [1.807, 2.05) is 6.07 Å². The van der Waals surface area contributed by atoms with E-state index in [1.54, 1.807) is 30.3 Å². The summed E-state index contributed by atoms with van der Waals surface area (Å²) in [7, 11) is 2.19. The average molecular weight is 492 g/mol. The predicted molar refractivity (Wildman–Crippen MR) is 124 cm³/mol. The minimum absolute atomic E-state index is 0.121. The standard InChI is InChI=1S/C24H20N4O8/c1-33-23(29)20-19(13-6-4-3-5-7-13)14(12-25)22(26)27(21(20)24(30)34-2)15-10-17-18(36-9-8-35-17)11-16(15)28(31)32/h3-7,10-11,19H,8-9,26H2,1-2H3. The number of esters is 2. The maximum atomic E-state index is 13.2. The van der Waals surface area contributed by atoms with E-state index < -0.39 is 34.2 Å². The first-order valence-electron chi connectivity index (χ1n) is 10.6. The molecule has 0 aromatic heterocycles. The molecule has 12 heteroatoms. The zero-order valence-corrected chi connectivity index (χ0v) is 19.2. The number of nitriles is 1. The van der Waals surface area contributed by atoms with Crippen LogP contribution in [0.25, 0.3) is 0 Å². The van der Waals surface area contributed by atoms with Crippen molar-refractivity contribution >= 4 is 23.3 Å². The molecule has 2 heterocycles. The van der Waals surface area contributed by atoms with Gasteiger partial charge in [0.2, 0.25) is 0 Å². The van der Waals surface area contributed by atoms with Crippen molar-refractivity contribution in [3.63, 3.8) is 0 Å². The lowest BCUT2D eigenvalue weighted by Gasteiger charge is -2.35. The molecule has 2 aromatic rings. The number of hydrogen-bond donors (Lipinski definition) is 1. The maximum absolute atomic E-state index is 13.2. The van der Waals surface area contributed by atoms with Gasteiger partial charge in [-0.15, -0.1) is 0 Å². The molecule has 0 amide bonds. The van der Waals surface area contributed by atoms with Gasteiger partial charge in [-0.1, -0.05) is 30.3 Å². The first-order chi connectivity index (χ1) is 17.3. The van der Waals surface area contributed by atoms with Crippen LogP contribution in [-0.2, 0) is 19.1 Å². The molecular formula is C24H20N4O8. The Bertz CT molecular complexity index is 1360. The van der Waals surface area contributed by atoms with Crippen molar-refractivity contribution in [2.75, 3.05) is 32.3 Å². The second kappa shape index (κ2) is 9.67. The van der Waals surface area contributed by atoms with Gasteiger partial charge in [0.25, 0.3) is 5.69 Å². The van der Waals surface area contributed by atoms with Crippen molar-refractivity contribution < 1.29 is 33.5 Å². The van der Waals surface area contributed by atoms with Gasteiger partial charge in [0, 0.05) is 6.07 Å². The van der Waals surface area contributed by atoms with Crippen LogP contribution in [0.2, 0.25) is 0 Å². The number of allylic oxidation sites excluding steroid dienone is 1. The van der Waals surface area contributed by atoms with Gasteiger partial charge in [-0.3, -0.25) is 15.0 Å². The fourth-order valence-corrected chi connectivity index (χ4v) is 4.16. The number of carbonyl (C=O) groups is 2.